The molecular formula is C15H22N2OS. The second-order valence-corrected chi connectivity index (χ2v) is 6.05. The maximum absolute atomic E-state index is 12.4. The Morgan fingerprint density at radius 3 is 2.79 bits per heavy atom. The maximum atomic E-state index is 12.4. The van der Waals surface area contributed by atoms with E-state index in [0.717, 1.165) is 24.9 Å². The normalized spacial score (nSPS) is 24.7. The second-order valence-electron chi connectivity index (χ2n) is 5.11. The first-order valence-electron chi connectivity index (χ1n) is 6.82. The van der Waals surface area contributed by atoms with Crippen molar-refractivity contribution in [1.82, 2.24) is 10.6 Å². The molecule has 2 rings (SSSR count). The summed E-state index contributed by atoms with van der Waals surface area (Å²) in [7, 11) is 0. The first-order chi connectivity index (χ1) is 9.20. The highest BCUT2D eigenvalue weighted by atomic mass is 32.2. The largest absolute Gasteiger partial charge is 0.352 e. The molecule has 104 valence electrons. The summed E-state index contributed by atoms with van der Waals surface area (Å²) in [5.41, 5.74) is 1.08. The fraction of sp³-hybridized carbons (Fsp3) is 0.533. The van der Waals surface area contributed by atoms with Crippen LogP contribution in [0.15, 0.2) is 30.3 Å². The number of piperidine rings is 1. The number of carbonyl (C=O) groups is 1. The third kappa shape index (κ3) is 3.98. The molecule has 1 aromatic rings. The minimum atomic E-state index is -0.105. The lowest BCUT2D eigenvalue weighted by atomic mass is 10.00. The van der Waals surface area contributed by atoms with Gasteiger partial charge in [-0.3, -0.25) is 4.79 Å². The van der Waals surface area contributed by atoms with E-state index in [2.05, 4.69) is 17.6 Å². The number of carbonyl (C=O) groups excluding carboxylic acids is 1. The SMILES string of the molecule is CSC(C(=O)NC1CCNC(C)C1)c1ccccc1. The minimum Gasteiger partial charge on any atom is -0.352 e. The van der Waals surface area contributed by atoms with Crippen molar-refractivity contribution in [2.24, 2.45) is 0 Å². The fourth-order valence-corrected chi connectivity index (χ4v) is 3.27. The molecule has 2 N–H and O–H groups in total. The minimum absolute atomic E-state index is 0.105. The Hall–Kier alpha value is -1.00. The van der Waals surface area contributed by atoms with Gasteiger partial charge in [-0.05, 0) is 38.1 Å². The molecule has 1 saturated heterocycles. The van der Waals surface area contributed by atoms with Crippen molar-refractivity contribution in [3.05, 3.63) is 35.9 Å². The van der Waals surface area contributed by atoms with Crippen molar-refractivity contribution in [1.29, 1.82) is 0 Å². The van der Waals surface area contributed by atoms with Crippen LogP contribution in [0.2, 0.25) is 0 Å². The predicted octanol–water partition coefficient (Wildman–Crippen LogP) is 2.35. The maximum Gasteiger partial charge on any atom is 0.237 e. The Kier molecular flexibility index (Phi) is 5.28. The lowest BCUT2D eigenvalue weighted by Gasteiger charge is -2.29. The Morgan fingerprint density at radius 1 is 1.42 bits per heavy atom. The molecule has 0 radical (unpaired) electrons. The van der Waals surface area contributed by atoms with Gasteiger partial charge in [0.25, 0.3) is 0 Å². The van der Waals surface area contributed by atoms with Crippen molar-refractivity contribution in [3.8, 4) is 0 Å². The van der Waals surface area contributed by atoms with Gasteiger partial charge in [0.1, 0.15) is 5.25 Å². The van der Waals surface area contributed by atoms with Gasteiger partial charge in [-0.25, -0.2) is 0 Å². The van der Waals surface area contributed by atoms with E-state index in [1.807, 2.05) is 36.6 Å². The average molecular weight is 278 g/mol. The highest BCUT2D eigenvalue weighted by Gasteiger charge is 2.24. The molecule has 0 aromatic heterocycles. The Balaban J connectivity index is 1.97. The van der Waals surface area contributed by atoms with Crippen molar-refractivity contribution < 1.29 is 4.79 Å². The highest BCUT2D eigenvalue weighted by molar-refractivity contribution is 7.99. The lowest BCUT2D eigenvalue weighted by Crippen LogP contribution is -2.47. The molecule has 0 spiro atoms. The molecule has 3 unspecified atom stereocenters. The number of thioether (sulfide) groups is 1. The first kappa shape index (κ1) is 14.4. The van der Waals surface area contributed by atoms with Gasteiger partial charge in [0.05, 0.1) is 0 Å². The van der Waals surface area contributed by atoms with Crippen molar-refractivity contribution in [2.75, 3.05) is 12.8 Å². The van der Waals surface area contributed by atoms with Gasteiger partial charge < -0.3 is 10.6 Å². The third-order valence-electron chi connectivity index (χ3n) is 3.55. The molecule has 19 heavy (non-hydrogen) atoms. The second kappa shape index (κ2) is 6.96. The van der Waals surface area contributed by atoms with Crippen LogP contribution in [0.4, 0.5) is 0 Å². The molecule has 1 fully saturated rings. The Bertz CT molecular complexity index is 410. The highest BCUT2D eigenvalue weighted by Crippen LogP contribution is 2.27. The van der Waals surface area contributed by atoms with Crippen molar-refractivity contribution in [2.45, 2.75) is 37.1 Å². The van der Waals surface area contributed by atoms with Gasteiger partial charge >= 0.3 is 0 Å². The molecule has 1 heterocycles. The summed E-state index contributed by atoms with van der Waals surface area (Å²) >= 11 is 1.59. The molecule has 1 amide bonds. The van der Waals surface area contributed by atoms with Crippen LogP contribution in [0.25, 0.3) is 0 Å². The van der Waals surface area contributed by atoms with Crippen LogP contribution in [0, 0.1) is 0 Å². The number of hydrogen-bond donors (Lipinski definition) is 2. The van der Waals surface area contributed by atoms with E-state index < -0.39 is 0 Å². The molecule has 3 nitrogen and oxygen atoms in total. The summed E-state index contributed by atoms with van der Waals surface area (Å²) < 4.78 is 0. The van der Waals surface area contributed by atoms with Crippen molar-refractivity contribution in [3.63, 3.8) is 0 Å². The van der Waals surface area contributed by atoms with Gasteiger partial charge in [-0.1, -0.05) is 30.3 Å². The van der Waals surface area contributed by atoms with Crippen LogP contribution in [-0.4, -0.2) is 30.8 Å². The van der Waals surface area contributed by atoms with Crippen molar-refractivity contribution >= 4 is 17.7 Å². The van der Waals surface area contributed by atoms with E-state index in [9.17, 15) is 4.79 Å². The smallest absolute Gasteiger partial charge is 0.237 e. The summed E-state index contributed by atoms with van der Waals surface area (Å²) in [5.74, 6) is 0.137. The van der Waals surface area contributed by atoms with Crippen LogP contribution < -0.4 is 10.6 Å². The Labute approximate surface area is 119 Å². The number of nitrogens with one attached hydrogen (secondary N) is 2. The number of hydrogen-bond acceptors (Lipinski definition) is 3. The number of rotatable bonds is 4. The molecule has 3 atom stereocenters. The van der Waals surface area contributed by atoms with E-state index in [-0.39, 0.29) is 11.2 Å². The quantitative estimate of drug-likeness (QED) is 0.888. The van der Waals surface area contributed by atoms with Crippen LogP contribution >= 0.6 is 11.8 Å². The van der Waals surface area contributed by atoms with E-state index in [1.54, 1.807) is 11.8 Å². The summed E-state index contributed by atoms with van der Waals surface area (Å²) in [4.78, 5) is 12.4. The van der Waals surface area contributed by atoms with Crippen LogP contribution in [0.5, 0.6) is 0 Å². The Morgan fingerprint density at radius 2 is 2.16 bits per heavy atom. The molecule has 0 aliphatic carbocycles. The van der Waals surface area contributed by atoms with E-state index in [1.165, 1.54) is 0 Å². The van der Waals surface area contributed by atoms with Gasteiger partial charge in [0.15, 0.2) is 0 Å². The zero-order valence-corrected chi connectivity index (χ0v) is 12.4. The van der Waals surface area contributed by atoms with Gasteiger partial charge in [0, 0.05) is 12.1 Å². The van der Waals surface area contributed by atoms with Crippen LogP contribution in [0.3, 0.4) is 0 Å². The zero-order valence-electron chi connectivity index (χ0n) is 11.6. The predicted molar refractivity (Wildman–Crippen MR) is 81.3 cm³/mol. The summed E-state index contributed by atoms with van der Waals surface area (Å²) in [6, 6.07) is 10.8. The third-order valence-corrected chi connectivity index (χ3v) is 4.50. The van der Waals surface area contributed by atoms with Gasteiger partial charge in [0.2, 0.25) is 5.91 Å². The number of benzene rings is 1. The molecule has 1 aliphatic rings. The first-order valence-corrected chi connectivity index (χ1v) is 8.11. The molecule has 0 bridgehead atoms. The topological polar surface area (TPSA) is 41.1 Å². The van der Waals surface area contributed by atoms with Gasteiger partial charge in [-0.15, -0.1) is 11.8 Å². The van der Waals surface area contributed by atoms with Crippen LogP contribution in [-0.2, 0) is 4.79 Å². The van der Waals surface area contributed by atoms with E-state index in [0.29, 0.717) is 12.1 Å². The summed E-state index contributed by atoms with van der Waals surface area (Å²) in [5, 5.41) is 6.50. The summed E-state index contributed by atoms with van der Waals surface area (Å²) in [6.45, 7) is 3.16. The molecular weight excluding hydrogens is 256 g/mol. The zero-order chi connectivity index (χ0) is 13.7. The molecule has 1 aromatic carbocycles. The summed E-state index contributed by atoms with van der Waals surface area (Å²) in [6.07, 6.45) is 4.02. The van der Waals surface area contributed by atoms with Gasteiger partial charge in [-0.2, -0.15) is 0 Å². The molecule has 0 saturated carbocycles. The monoisotopic (exact) mass is 278 g/mol. The number of amides is 1. The standard InChI is InChI=1S/C15H22N2OS/c1-11-10-13(8-9-16-11)17-15(18)14(19-2)12-6-4-3-5-7-12/h3-7,11,13-14,16H,8-10H2,1-2H3,(H,17,18). The lowest BCUT2D eigenvalue weighted by molar-refractivity contribution is -0.121. The molecule has 4 heteroatoms. The van der Waals surface area contributed by atoms with Crippen LogP contribution in [0.1, 0.15) is 30.6 Å². The van der Waals surface area contributed by atoms with E-state index in [4.69, 9.17) is 0 Å². The fourth-order valence-electron chi connectivity index (χ4n) is 2.56. The molecule has 1 aliphatic heterocycles. The average Bonchev–Trinajstić information content (AvgIpc) is 2.41. The van der Waals surface area contributed by atoms with E-state index >= 15 is 0 Å².